The van der Waals surface area contributed by atoms with Crippen LogP contribution in [0.25, 0.3) is 22.0 Å². The van der Waals surface area contributed by atoms with Crippen LogP contribution in [0.15, 0.2) is 59.5 Å². The summed E-state index contributed by atoms with van der Waals surface area (Å²) in [6.45, 7) is 15.6. The maximum atomic E-state index is 13.8. The number of carbonyl (C=O) groups is 2. The van der Waals surface area contributed by atoms with Crippen LogP contribution in [0.2, 0.25) is 0 Å². The summed E-state index contributed by atoms with van der Waals surface area (Å²) in [6, 6.07) is 8.55. The predicted molar refractivity (Wildman–Crippen MR) is 210 cm³/mol. The van der Waals surface area contributed by atoms with Crippen LogP contribution in [0.4, 0.5) is 5.82 Å². The maximum Gasteiger partial charge on any atom is 0.163 e. The molecule has 276 valence electrons. The molecule has 0 atom stereocenters. The van der Waals surface area contributed by atoms with Gasteiger partial charge in [0.2, 0.25) is 0 Å². The van der Waals surface area contributed by atoms with E-state index in [1.807, 2.05) is 37.0 Å². The van der Waals surface area contributed by atoms with E-state index in [0.29, 0.717) is 23.8 Å². The van der Waals surface area contributed by atoms with Crippen LogP contribution < -0.4 is 10.2 Å². The monoisotopic (exact) mass is 702 g/mol. The highest BCUT2D eigenvalue weighted by Crippen LogP contribution is 2.61. The lowest BCUT2D eigenvalue weighted by molar-refractivity contribution is -0.115. The number of rotatable bonds is 13. The van der Waals surface area contributed by atoms with Crippen LogP contribution in [0.1, 0.15) is 108 Å². The third-order valence-corrected chi connectivity index (χ3v) is 13.2. The van der Waals surface area contributed by atoms with Gasteiger partial charge in [0.1, 0.15) is 5.82 Å². The minimum absolute atomic E-state index is 0.0368. The average molecular weight is 703 g/mol. The molecule has 2 aromatic heterocycles. The predicted octanol–water partition coefficient (Wildman–Crippen LogP) is 8.20. The van der Waals surface area contributed by atoms with Crippen LogP contribution in [0.5, 0.6) is 0 Å². The molecular weight excluding hydrogens is 645 g/mol. The second-order valence-corrected chi connectivity index (χ2v) is 17.5. The summed E-state index contributed by atoms with van der Waals surface area (Å²) in [7, 11) is 0. The fourth-order valence-corrected chi connectivity index (χ4v) is 11.0. The quantitative estimate of drug-likeness (QED) is 0.142. The van der Waals surface area contributed by atoms with E-state index in [9.17, 15) is 9.59 Å². The molecule has 0 spiro atoms. The van der Waals surface area contributed by atoms with Gasteiger partial charge in [0, 0.05) is 80.9 Å². The molecule has 1 saturated heterocycles. The first-order valence-corrected chi connectivity index (χ1v) is 20.2. The van der Waals surface area contributed by atoms with Gasteiger partial charge in [0.05, 0.1) is 11.7 Å². The van der Waals surface area contributed by atoms with Gasteiger partial charge in [-0.1, -0.05) is 11.6 Å². The summed E-state index contributed by atoms with van der Waals surface area (Å²) in [5.74, 6) is 4.31. The van der Waals surface area contributed by atoms with Crippen LogP contribution in [-0.4, -0.2) is 77.0 Å². The fraction of sp³-hybridized carbons (Fsp3) is 0.591. The number of aromatic nitrogens is 3. The lowest BCUT2D eigenvalue weighted by Crippen LogP contribution is -2.49. The zero-order valence-electron chi connectivity index (χ0n) is 31.9. The van der Waals surface area contributed by atoms with Crippen LogP contribution >= 0.6 is 0 Å². The van der Waals surface area contributed by atoms with Gasteiger partial charge in [0.15, 0.2) is 11.6 Å². The molecular formula is C44H58N6O2. The number of allylic oxidation sites excluding steroid dienone is 4. The standard InChI is InChI=1S/C44H58N6O2/c1-29(2)50-40-23-36(22-38(39(40)28-47-50)41(51)7-6-37-31(4)17-30(3)18-42(37)52)35-5-8-43(46-27-35)49-15-13-48(14-16-49)12-11-45-10-9-44-24-32-19-33(25-44)21-34(20-32)26-44/h5,8,17,22-23,27-29,32-34,45H,6-7,9-16,18-21,24-26H2,1-4H3. The molecule has 52 heavy (non-hydrogen) atoms. The Bertz CT molecular complexity index is 1840. The van der Waals surface area contributed by atoms with E-state index >= 15 is 0 Å². The zero-order chi connectivity index (χ0) is 36.0. The van der Waals surface area contributed by atoms with Crippen molar-refractivity contribution in [1.29, 1.82) is 0 Å². The number of fused-ring (bicyclic) bond motifs is 1. The van der Waals surface area contributed by atoms with Gasteiger partial charge in [-0.05, 0) is 150 Å². The first-order chi connectivity index (χ1) is 25.1. The van der Waals surface area contributed by atoms with Crippen LogP contribution in [-0.2, 0) is 4.79 Å². The largest absolute Gasteiger partial charge is 0.354 e. The second kappa shape index (κ2) is 14.7. The molecule has 8 nitrogen and oxygen atoms in total. The maximum absolute atomic E-state index is 13.8. The Morgan fingerprint density at radius 1 is 0.942 bits per heavy atom. The van der Waals surface area contributed by atoms with Crippen molar-refractivity contribution in [2.45, 2.75) is 97.9 Å². The number of nitrogens with zero attached hydrogens (tertiary/aromatic N) is 5. The summed E-state index contributed by atoms with van der Waals surface area (Å²) in [4.78, 5) is 36.5. The number of benzene rings is 1. The molecule has 9 rings (SSSR count). The van der Waals surface area contributed by atoms with Gasteiger partial charge in [-0.2, -0.15) is 5.10 Å². The van der Waals surface area contributed by atoms with E-state index in [2.05, 4.69) is 58.3 Å². The number of pyridine rings is 1. The van der Waals surface area contributed by atoms with Gasteiger partial charge < -0.3 is 10.2 Å². The summed E-state index contributed by atoms with van der Waals surface area (Å²) in [5, 5.41) is 9.34. The normalized spacial score (nSPS) is 26.2. The zero-order valence-corrected chi connectivity index (χ0v) is 31.9. The molecule has 5 aliphatic carbocycles. The van der Waals surface area contributed by atoms with Crippen molar-refractivity contribution >= 4 is 28.3 Å². The molecule has 0 radical (unpaired) electrons. The summed E-state index contributed by atoms with van der Waals surface area (Å²) in [5.41, 5.74) is 7.06. The minimum Gasteiger partial charge on any atom is -0.354 e. The van der Waals surface area contributed by atoms with Gasteiger partial charge >= 0.3 is 0 Å². The fourth-order valence-electron chi connectivity index (χ4n) is 11.0. The molecule has 3 heterocycles. The Morgan fingerprint density at radius 2 is 1.67 bits per heavy atom. The van der Waals surface area contributed by atoms with Crippen molar-refractivity contribution in [1.82, 2.24) is 25.0 Å². The lowest BCUT2D eigenvalue weighted by atomic mass is 9.49. The molecule has 1 N–H and O–H groups in total. The smallest absolute Gasteiger partial charge is 0.163 e. The highest BCUT2D eigenvalue weighted by atomic mass is 16.1. The Kier molecular flexibility index (Phi) is 9.98. The van der Waals surface area contributed by atoms with Crippen molar-refractivity contribution in [2.75, 3.05) is 50.7 Å². The molecule has 0 unspecified atom stereocenters. The Hall–Kier alpha value is -3.62. The van der Waals surface area contributed by atoms with E-state index < -0.39 is 0 Å². The number of piperazine rings is 1. The number of Topliss-reactive ketones (excluding diaryl/α,β-unsaturated/α-hetero) is 2. The van der Waals surface area contributed by atoms with Gasteiger partial charge in [-0.15, -0.1) is 0 Å². The SMILES string of the molecule is CC1=CC(C)=C(CCC(=O)c2cc(-c3ccc(N4CCN(CCNCCC56CC7CC(CC(C7)C5)C6)CC4)nc3)cc3c2cnn3C(C)C)C(=O)C1. The summed E-state index contributed by atoms with van der Waals surface area (Å²) in [6.07, 6.45) is 17.6. The Morgan fingerprint density at radius 3 is 2.33 bits per heavy atom. The topological polar surface area (TPSA) is 83.4 Å². The number of ketones is 2. The van der Waals surface area contributed by atoms with Crippen molar-refractivity contribution in [3.05, 3.63) is 65.0 Å². The number of hydrogen-bond donors (Lipinski definition) is 1. The van der Waals surface area contributed by atoms with E-state index in [-0.39, 0.29) is 24.0 Å². The van der Waals surface area contributed by atoms with Crippen molar-refractivity contribution in [2.24, 2.45) is 23.2 Å². The van der Waals surface area contributed by atoms with E-state index in [4.69, 9.17) is 4.98 Å². The third-order valence-electron chi connectivity index (χ3n) is 13.2. The van der Waals surface area contributed by atoms with Crippen molar-refractivity contribution in [3.8, 4) is 11.1 Å². The highest BCUT2D eigenvalue weighted by molar-refractivity contribution is 6.09. The number of carbonyl (C=O) groups excluding carboxylic acids is 2. The van der Waals surface area contributed by atoms with Gasteiger partial charge in [-0.25, -0.2) is 4.98 Å². The first-order valence-electron chi connectivity index (χ1n) is 20.2. The van der Waals surface area contributed by atoms with E-state index in [0.717, 1.165) is 102 Å². The molecule has 0 amide bonds. The molecule has 1 aromatic carbocycles. The molecule has 4 saturated carbocycles. The molecule has 1 aliphatic heterocycles. The first kappa shape index (κ1) is 35.4. The molecule has 4 bridgehead atoms. The van der Waals surface area contributed by atoms with Crippen molar-refractivity contribution < 1.29 is 9.59 Å². The van der Waals surface area contributed by atoms with Crippen molar-refractivity contribution in [3.63, 3.8) is 0 Å². The Labute approximate surface area is 310 Å². The number of anilines is 1. The van der Waals surface area contributed by atoms with Gasteiger partial charge in [0.25, 0.3) is 0 Å². The average Bonchev–Trinajstić information content (AvgIpc) is 3.55. The summed E-state index contributed by atoms with van der Waals surface area (Å²) >= 11 is 0. The van der Waals surface area contributed by atoms with E-state index in [1.54, 1.807) is 0 Å². The third kappa shape index (κ3) is 7.30. The van der Waals surface area contributed by atoms with E-state index in [1.165, 1.54) is 51.5 Å². The van der Waals surface area contributed by atoms with Crippen LogP contribution in [0, 0.1) is 23.2 Å². The number of nitrogens with one attached hydrogen (secondary N) is 1. The molecule has 3 aromatic rings. The summed E-state index contributed by atoms with van der Waals surface area (Å²) < 4.78 is 1.99. The molecule has 8 heteroatoms. The highest BCUT2D eigenvalue weighted by Gasteiger charge is 2.50. The Balaban J connectivity index is 0.870. The number of hydrogen-bond acceptors (Lipinski definition) is 7. The lowest BCUT2D eigenvalue weighted by Gasteiger charge is -2.57. The second-order valence-electron chi connectivity index (χ2n) is 17.5. The molecule has 5 fully saturated rings. The van der Waals surface area contributed by atoms with Gasteiger partial charge in [-0.3, -0.25) is 19.2 Å². The van der Waals surface area contributed by atoms with Crippen LogP contribution in [0.3, 0.4) is 0 Å². The molecule has 6 aliphatic rings. The minimum atomic E-state index is 0.0368.